The van der Waals surface area contributed by atoms with E-state index in [2.05, 4.69) is 0 Å². The summed E-state index contributed by atoms with van der Waals surface area (Å²) in [6.07, 6.45) is 0. The Kier molecular flexibility index (Phi) is 4.38. The van der Waals surface area contributed by atoms with Crippen molar-refractivity contribution in [1.29, 1.82) is 10.5 Å². The molecule has 2 rings (SSSR count). The van der Waals surface area contributed by atoms with E-state index in [9.17, 15) is 8.78 Å². The topological polar surface area (TPSA) is 66.0 Å². The number of nitrogens with zero attached hydrogens (tertiary/aromatic N) is 2. The van der Waals surface area contributed by atoms with E-state index in [1.165, 1.54) is 24.3 Å². The molecule has 4 nitrogen and oxygen atoms in total. The lowest BCUT2D eigenvalue weighted by atomic mass is 10.2. The van der Waals surface area contributed by atoms with Crippen molar-refractivity contribution >= 4 is 7.69 Å². The van der Waals surface area contributed by atoms with Crippen LogP contribution in [0.15, 0.2) is 36.4 Å². The van der Waals surface area contributed by atoms with Crippen molar-refractivity contribution in [2.75, 3.05) is 0 Å². The molecule has 0 aliphatic heterocycles. The van der Waals surface area contributed by atoms with Crippen LogP contribution < -0.4 is 9.31 Å². The van der Waals surface area contributed by atoms with Crippen LogP contribution in [0.5, 0.6) is 11.5 Å². The molecule has 0 aliphatic rings. The van der Waals surface area contributed by atoms with Gasteiger partial charge in [-0.3, -0.25) is 0 Å². The maximum absolute atomic E-state index is 13.4. The second kappa shape index (κ2) is 6.40. The Hall–Kier alpha value is -3.06. The minimum Gasteiger partial charge on any atom is -0.524 e. The van der Waals surface area contributed by atoms with Crippen molar-refractivity contribution in [3.8, 4) is 23.6 Å². The molecule has 0 saturated heterocycles. The lowest BCUT2D eigenvalue weighted by Gasteiger charge is -2.08. The van der Waals surface area contributed by atoms with Crippen molar-refractivity contribution in [3.63, 3.8) is 0 Å². The largest absolute Gasteiger partial charge is 0.658 e. The molecule has 0 heterocycles. The van der Waals surface area contributed by atoms with Gasteiger partial charge in [0, 0.05) is 0 Å². The van der Waals surface area contributed by atoms with Gasteiger partial charge < -0.3 is 9.31 Å². The molecule has 2 aromatic rings. The number of benzene rings is 2. The monoisotopic (exact) mass is 283 g/mol. The number of hydrogen-bond donors (Lipinski definition) is 0. The van der Waals surface area contributed by atoms with E-state index < -0.39 is 11.6 Å². The summed E-state index contributed by atoms with van der Waals surface area (Å²) in [7, 11) is 0.721. The van der Waals surface area contributed by atoms with Crippen LogP contribution in [0.1, 0.15) is 11.1 Å². The van der Waals surface area contributed by atoms with Crippen molar-refractivity contribution in [1.82, 2.24) is 0 Å². The molecule has 2 aromatic carbocycles. The van der Waals surface area contributed by atoms with Gasteiger partial charge in [0.2, 0.25) is 0 Å². The molecule has 0 aromatic heterocycles. The smallest absolute Gasteiger partial charge is 0.524 e. The standard InChI is InChI=1S/C14H6BF2N2O2/c16-11-3-1-9(7-18)5-13(11)20-15-21-14-6-10(8-19)2-4-12(14)17/h1-6H. The van der Waals surface area contributed by atoms with Crippen LogP contribution in [0.4, 0.5) is 8.78 Å². The van der Waals surface area contributed by atoms with E-state index in [1.54, 1.807) is 0 Å². The maximum atomic E-state index is 13.4. The number of hydrogen-bond acceptors (Lipinski definition) is 4. The zero-order valence-electron chi connectivity index (χ0n) is 10.5. The van der Waals surface area contributed by atoms with E-state index in [-0.39, 0.29) is 22.6 Å². The number of halogens is 2. The summed E-state index contributed by atoms with van der Waals surface area (Å²) in [6.45, 7) is 0. The van der Waals surface area contributed by atoms with Crippen molar-refractivity contribution in [3.05, 3.63) is 59.2 Å². The quantitative estimate of drug-likeness (QED) is 0.809. The molecule has 21 heavy (non-hydrogen) atoms. The van der Waals surface area contributed by atoms with Crippen LogP contribution in [-0.4, -0.2) is 7.69 Å². The molecule has 0 N–H and O–H groups in total. The molecule has 1 radical (unpaired) electrons. The number of rotatable bonds is 4. The molecule has 0 fully saturated rings. The van der Waals surface area contributed by atoms with Crippen molar-refractivity contribution < 1.29 is 18.1 Å². The summed E-state index contributed by atoms with van der Waals surface area (Å²) >= 11 is 0. The Morgan fingerprint density at radius 1 is 0.810 bits per heavy atom. The Morgan fingerprint density at radius 2 is 1.24 bits per heavy atom. The van der Waals surface area contributed by atoms with Gasteiger partial charge in [0.05, 0.1) is 23.3 Å². The zero-order chi connectivity index (χ0) is 15.2. The maximum Gasteiger partial charge on any atom is 0.658 e. The normalized spacial score (nSPS) is 9.33. The second-order valence-electron chi connectivity index (χ2n) is 3.85. The van der Waals surface area contributed by atoms with Crippen LogP contribution in [0.3, 0.4) is 0 Å². The molecule has 0 atom stereocenters. The summed E-state index contributed by atoms with van der Waals surface area (Å²) in [6, 6.07) is 10.7. The average molecular weight is 283 g/mol. The van der Waals surface area contributed by atoms with Gasteiger partial charge in [0.15, 0.2) is 11.6 Å². The van der Waals surface area contributed by atoms with Gasteiger partial charge in [0.25, 0.3) is 0 Å². The molecule has 101 valence electrons. The SMILES string of the molecule is N#Cc1ccc(F)c(O[B]Oc2cc(C#N)ccc2F)c1. The first-order chi connectivity index (χ1) is 10.1. The third-order valence-corrected chi connectivity index (χ3v) is 2.47. The van der Waals surface area contributed by atoms with Crippen LogP contribution in [-0.2, 0) is 0 Å². The van der Waals surface area contributed by atoms with Crippen LogP contribution in [0, 0.1) is 34.3 Å². The van der Waals surface area contributed by atoms with Crippen molar-refractivity contribution in [2.24, 2.45) is 0 Å². The van der Waals surface area contributed by atoms with Gasteiger partial charge in [-0.25, -0.2) is 8.78 Å². The van der Waals surface area contributed by atoms with Gasteiger partial charge >= 0.3 is 7.69 Å². The van der Waals surface area contributed by atoms with Gasteiger partial charge in [-0.05, 0) is 36.4 Å². The van der Waals surface area contributed by atoms with Crippen LogP contribution in [0.2, 0.25) is 0 Å². The van der Waals surface area contributed by atoms with Gasteiger partial charge in [0.1, 0.15) is 11.5 Å². The lowest BCUT2D eigenvalue weighted by molar-refractivity contribution is 0.421. The Morgan fingerprint density at radius 3 is 1.62 bits per heavy atom. The van der Waals surface area contributed by atoms with Crippen molar-refractivity contribution in [2.45, 2.75) is 0 Å². The van der Waals surface area contributed by atoms with Crippen LogP contribution >= 0.6 is 0 Å². The molecule has 0 saturated carbocycles. The summed E-state index contributed by atoms with van der Waals surface area (Å²) in [5, 5.41) is 17.4. The molecular formula is C14H6BF2N2O2. The first kappa shape index (κ1) is 14.4. The van der Waals surface area contributed by atoms with E-state index in [0.717, 1.165) is 19.8 Å². The highest BCUT2D eigenvalue weighted by molar-refractivity contribution is 6.20. The Bertz CT molecular complexity index is 690. The predicted octanol–water partition coefficient (Wildman–Crippen LogP) is 2.70. The first-order valence-corrected chi connectivity index (χ1v) is 5.68. The summed E-state index contributed by atoms with van der Waals surface area (Å²) in [5.74, 6) is -1.85. The van der Waals surface area contributed by atoms with Gasteiger partial charge in [-0.15, -0.1) is 0 Å². The van der Waals surface area contributed by atoms with Gasteiger partial charge in [-0.1, -0.05) is 0 Å². The minimum atomic E-state index is -0.694. The predicted molar refractivity (Wildman–Crippen MR) is 69.2 cm³/mol. The molecule has 0 bridgehead atoms. The van der Waals surface area contributed by atoms with E-state index in [4.69, 9.17) is 19.8 Å². The molecule has 7 heteroatoms. The van der Waals surface area contributed by atoms with E-state index in [1.807, 2.05) is 12.1 Å². The minimum absolute atomic E-state index is 0.206. The fourth-order valence-corrected chi connectivity index (χ4v) is 1.45. The highest BCUT2D eigenvalue weighted by Gasteiger charge is 2.11. The highest BCUT2D eigenvalue weighted by atomic mass is 19.1. The molecule has 0 aliphatic carbocycles. The molecule has 0 spiro atoms. The highest BCUT2D eigenvalue weighted by Crippen LogP contribution is 2.20. The Labute approximate surface area is 120 Å². The zero-order valence-corrected chi connectivity index (χ0v) is 10.5. The fraction of sp³-hybridized carbons (Fsp3) is 0. The summed E-state index contributed by atoms with van der Waals surface area (Å²) < 4.78 is 36.6. The third kappa shape index (κ3) is 3.49. The average Bonchev–Trinajstić information content (AvgIpc) is 2.51. The second-order valence-corrected chi connectivity index (χ2v) is 3.85. The fourth-order valence-electron chi connectivity index (χ4n) is 1.45. The lowest BCUT2D eigenvalue weighted by Crippen LogP contribution is -2.12. The summed E-state index contributed by atoms with van der Waals surface area (Å²) in [4.78, 5) is 0. The number of nitriles is 2. The Balaban J connectivity index is 2.05. The van der Waals surface area contributed by atoms with Gasteiger partial charge in [-0.2, -0.15) is 10.5 Å². The summed E-state index contributed by atoms with van der Waals surface area (Å²) in [5.41, 5.74) is 0.412. The van der Waals surface area contributed by atoms with Crippen LogP contribution in [0.25, 0.3) is 0 Å². The van der Waals surface area contributed by atoms with E-state index in [0.29, 0.717) is 0 Å². The first-order valence-electron chi connectivity index (χ1n) is 5.68. The third-order valence-electron chi connectivity index (χ3n) is 2.47. The molecule has 0 amide bonds. The molecule has 0 unspecified atom stereocenters. The van der Waals surface area contributed by atoms with E-state index >= 15 is 0 Å². The molecular weight excluding hydrogens is 277 g/mol.